The van der Waals surface area contributed by atoms with E-state index in [-0.39, 0.29) is 35.7 Å². The lowest BCUT2D eigenvalue weighted by molar-refractivity contribution is -0.171. The Morgan fingerprint density at radius 3 is 2.55 bits per heavy atom. The molecule has 1 spiro atoms. The number of aliphatic hydroxyl groups is 1. The van der Waals surface area contributed by atoms with Gasteiger partial charge >= 0.3 is 5.97 Å². The second-order valence-electron chi connectivity index (χ2n) is 12.4. The molecule has 3 heterocycles. The molecule has 204 valence electrons. The highest BCUT2D eigenvalue weighted by Gasteiger charge is 2.81. The first-order valence-electron chi connectivity index (χ1n) is 13.7. The normalized spacial score (nSPS) is 49.8. The molecule has 3 saturated heterocycles. The number of Topliss-reactive ketones (excluding diaryl/α,β-unsaturated/α-hetero) is 1. The summed E-state index contributed by atoms with van der Waals surface area (Å²) >= 11 is 0. The fourth-order valence-corrected chi connectivity index (χ4v) is 8.06. The van der Waals surface area contributed by atoms with Gasteiger partial charge in [0.25, 0.3) is 0 Å². The molecule has 1 amide bonds. The second kappa shape index (κ2) is 8.47. The minimum absolute atomic E-state index is 0.0359. The van der Waals surface area contributed by atoms with E-state index >= 15 is 0 Å². The van der Waals surface area contributed by atoms with Crippen molar-refractivity contribution in [1.29, 1.82) is 0 Å². The van der Waals surface area contributed by atoms with Gasteiger partial charge in [0.2, 0.25) is 5.91 Å². The number of carbonyl (C=O) groups is 3. The maximum absolute atomic E-state index is 14.4. The molecule has 1 aromatic carbocycles. The highest BCUT2D eigenvalue weighted by molar-refractivity contribution is 5.91. The molecule has 8 heteroatoms. The van der Waals surface area contributed by atoms with Gasteiger partial charge in [-0.3, -0.25) is 14.4 Å². The van der Waals surface area contributed by atoms with Crippen molar-refractivity contribution in [3.63, 3.8) is 0 Å². The summed E-state index contributed by atoms with van der Waals surface area (Å²) in [4.78, 5) is 40.2. The summed E-state index contributed by atoms with van der Waals surface area (Å²) in [5.74, 6) is -2.18. The van der Waals surface area contributed by atoms with E-state index in [0.29, 0.717) is 12.8 Å². The molecule has 5 aliphatic rings. The third kappa shape index (κ3) is 3.49. The summed E-state index contributed by atoms with van der Waals surface area (Å²) in [5.41, 5.74) is -2.29. The Balaban J connectivity index is 1.52. The van der Waals surface area contributed by atoms with E-state index in [1.54, 1.807) is 6.92 Å². The molecule has 0 bridgehead atoms. The van der Waals surface area contributed by atoms with Crippen LogP contribution in [0.1, 0.15) is 46.6 Å². The Bertz CT molecular complexity index is 1200. The molecular weight excluding hydrogens is 486 g/mol. The van der Waals surface area contributed by atoms with Gasteiger partial charge in [-0.2, -0.15) is 0 Å². The van der Waals surface area contributed by atoms with Crippen molar-refractivity contribution in [2.24, 2.45) is 29.1 Å². The predicted octanol–water partition coefficient (Wildman–Crippen LogP) is 2.37. The van der Waals surface area contributed by atoms with E-state index in [1.807, 2.05) is 42.5 Å². The van der Waals surface area contributed by atoms with Gasteiger partial charge in [0.05, 0.1) is 11.7 Å². The number of nitrogens with one attached hydrogen (secondary N) is 1. The highest BCUT2D eigenvalue weighted by Crippen LogP contribution is 2.68. The van der Waals surface area contributed by atoms with Crippen molar-refractivity contribution >= 4 is 17.7 Å². The molecule has 1 saturated carbocycles. The molecule has 6 rings (SSSR count). The lowest BCUT2D eigenvalue weighted by Gasteiger charge is -2.49. The molecule has 2 N–H and O–H groups in total. The van der Waals surface area contributed by atoms with Gasteiger partial charge in [-0.1, -0.05) is 56.3 Å². The molecule has 0 radical (unpaired) electrons. The van der Waals surface area contributed by atoms with Crippen LogP contribution in [0.2, 0.25) is 0 Å². The van der Waals surface area contributed by atoms with Crippen LogP contribution in [-0.4, -0.2) is 64.4 Å². The summed E-state index contributed by atoms with van der Waals surface area (Å²) < 4.78 is 18.4. The topological polar surface area (TPSA) is 118 Å². The van der Waals surface area contributed by atoms with Crippen LogP contribution in [0, 0.1) is 29.1 Å². The number of ether oxygens (including phenoxy) is 3. The fraction of sp³-hybridized carbons (Fsp3) is 0.633. The molecule has 38 heavy (non-hydrogen) atoms. The fourth-order valence-electron chi connectivity index (χ4n) is 8.06. The van der Waals surface area contributed by atoms with Gasteiger partial charge in [-0.15, -0.1) is 0 Å². The number of amides is 1. The first kappa shape index (κ1) is 25.7. The zero-order chi connectivity index (χ0) is 27.2. The Labute approximate surface area is 223 Å². The Morgan fingerprint density at radius 1 is 1.16 bits per heavy atom. The van der Waals surface area contributed by atoms with Gasteiger partial charge in [0, 0.05) is 30.7 Å². The van der Waals surface area contributed by atoms with Gasteiger partial charge < -0.3 is 24.6 Å². The lowest BCUT2D eigenvalue weighted by atomic mass is 9.50. The number of allylic oxidation sites excluding steroid dienone is 1. The van der Waals surface area contributed by atoms with Crippen molar-refractivity contribution in [3.8, 4) is 0 Å². The molecule has 0 aromatic heterocycles. The van der Waals surface area contributed by atoms with Crippen LogP contribution in [0.15, 0.2) is 42.5 Å². The lowest BCUT2D eigenvalue weighted by Crippen LogP contribution is -2.62. The summed E-state index contributed by atoms with van der Waals surface area (Å²) in [6.07, 6.45) is 2.06. The summed E-state index contributed by atoms with van der Waals surface area (Å²) in [6, 6.07) is 9.80. The predicted molar refractivity (Wildman–Crippen MR) is 137 cm³/mol. The Morgan fingerprint density at radius 2 is 1.87 bits per heavy atom. The molecular formula is C30H37NO7. The molecule has 4 fully saturated rings. The number of benzene rings is 1. The first-order valence-corrected chi connectivity index (χ1v) is 13.7. The SMILES string of the molecule is CC(=O)O[C@@H]1[C@@H]2O[C@H]2[C@@](C)(O)C(=O)[C@@H](C)C/C=C\[C@H]2[C@@H]3O[C@]3(C)[C@@H](C)[C@H]3[C@H](Cc4ccccc4)NC(=O)[C@@]312. The summed E-state index contributed by atoms with van der Waals surface area (Å²) in [6.45, 7) is 8.79. The maximum atomic E-state index is 14.4. The van der Waals surface area contributed by atoms with Gasteiger partial charge in [0.15, 0.2) is 5.78 Å². The Kier molecular flexibility index (Phi) is 5.73. The van der Waals surface area contributed by atoms with Crippen LogP contribution in [0.25, 0.3) is 0 Å². The average Bonchev–Trinajstić information content (AvgIpc) is 3.77. The van der Waals surface area contributed by atoms with Crippen LogP contribution in [0.3, 0.4) is 0 Å². The molecule has 12 atom stereocenters. The number of esters is 1. The number of ketones is 1. The Hall–Kier alpha value is -2.55. The van der Waals surface area contributed by atoms with Gasteiger partial charge in [-0.05, 0) is 38.2 Å². The van der Waals surface area contributed by atoms with Crippen LogP contribution >= 0.6 is 0 Å². The zero-order valence-corrected chi connectivity index (χ0v) is 22.5. The number of hydrogen-bond acceptors (Lipinski definition) is 7. The smallest absolute Gasteiger partial charge is 0.303 e. The van der Waals surface area contributed by atoms with E-state index in [4.69, 9.17) is 14.2 Å². The van der Waals surface area contributed by atoms with Crippen molar-refractivity contribution < 1.29 is 33.7 Å². The number of epoxide rings is 2. The van der Waals surface area contributed by atoms with Crippen LogP contribution in [-0.2, 0) is 35.0 Å². The summed E-state index contributed by atoms with van der Waals surface area (Å²) in [5, 5.41) is 14.6. The van der Waals surface area contributed by atoms with Crippen LogP contribution in [0.4, 0.5) is 0 Å². The largest absolute Gasteiger partial charge is 0.458 e. The number of carbonyl (C=O) groups excluding carboxylic acids is 3. The van der Waals surface area contributed by atoms with Gasteiger partial charge in [0.1, 0.15) is 29.3 Å². The van der Waals surface area contributed by atoms with Crippen molar-refractivity contribution in [2.75, 3.05) is 0 Å². The third-order valence-corrected chi connectivity index (χ3v) is 10.1. The standard InChI is InChI=1S/C30H37NO7/c1-15-10-9-13-19-24-29(5,38-24)16(2)21-20(14-18-11-7-6-8-12-18)31-27(34)30(19,21)26(36-17(3)32)22-25(37-22)28(4,35)23(15)33/h6-9,11-13,15-16,19-22,24-26,35H,10,14H2,1-5H3,(H,31,34)/b13-9-/t15-,16-,19-,20-,21-,22+,24-,25+,26+,28-,29+,30-/m0/s1. The number of fused-ring (bicyclic) bond motifs is 3. The molecule has 0 unspecified atom stereocenters. The minimum Gasteiger partial charge on any atom is -0.458 e. The zero-order valence-electron chi connectivity index (χ0n) is 22.5. The summed E-state index contributed by atoms with van der Waals surface area (Å²) in [7, 11) is 0. The average molecular weight is 524 g/mol. The third-order valence-electron chi connectivity index (χ3n) is 10.1. The van der Waals surface area contributed by atoms with Crippen molar-refractivity contribution in [2.45, 2.75) is 89.1 Å². The first-order chi connectivity index (χ1) is 17.9. The van der Waals surface area contributed by atoms with E-state index in [1.165, 1.54) is 13.8 Å². The van der Waals surface area contributed by atoms with E-state index < -0.39 is 52.7 Å². The molecule has 1 aromatic rings. The van der Waals surface area contributed by atoms with Crippen LogP contribution < -0.4 is 5.32 Å². The molecule has 3 aliphatic heterocycles. The van der Waals surface area contributed by atoms with E-state index in [9.17, 15) is 19.5 Å². The monoisotopic (exact) mass is 523 g/mol. The van der Waals surface area contributed by atoms with E-state index in [0.717, 1.165) is 5.56 Å². The van der Waals surface area contributed by atoms with E-state index in [2.05, 4.69) is 19.2 Å². The van der Waals surface area contributed by atoms with Gasteiger partial charge in [-0.25, -0.2) is 0 Å². The van der Waals surface area contributed by atoms with Crippen LogP contribution in [0.5, 0.6) is 0 Å². The maximum Gasteiger partial charge on any atom is 0.303 e. The van der Waals surface area contributed by atoms with Crippen molar-refractivity contribution in [3.05, 3.63) is 48.0 Å². The second-order valence-corrected chi connectivity index (χ2v) is 12.4. The molecule has 2 aliphatic carbocycles. The number of hydrogen-bond donors (Lipinski definition) is 2. The highest BCUT2D eigenvalue weighted by atomic mass is 16.6. The molecule has 8 nitrogen and oxygen atoms in total. The minimum atomic E-state index is -1.77. The number of rotatable bonds is 3. The quantitative estimate of drug-likeness (QED) is 0.355. The van der Waals surface area contributed by atoms with Crippen molar-refractivity contribution in [1.82, 2.24) is 5.32 Å².